The Morgan fingerprint density at radius 1 is 1.12 bits per heavy atom. The number of methoxy groups -OCH3 is 1. The Kier molecular flexibility index (Phi) is 5.99. The van der Waals surface area contributed by atoms with Crippen LogP contribution in [0, 0.1) is 0 Å². The summed E-state index contributed by atoms with van der Waals surface area (Å²) < 4.78 is 4.69. The second kappa shape index (κ2) is 8.41. The first kappa shape index (κ1) is 18.5. The number of amides is 1. The Labute approximate surface area is 158 Å². The zero-order valence-electron chi connectivity index (χ0n) is 15.1. The van der Waals surface area contributed by atoms with E-state index in [4.69, 9.17) is 4.74 Å². The summed E-state index contributed by atoms with van der Waals surface area (Å²) in [5.41, 5.74) is 5.24. The topological polar surface area (TPSA) is 55.4 Å². The molecule has 2 aromatic rings. The van der Waals surface area contributed by atoms with Gasteiger partial charge in [-0.05, 0) is 67.1 Å². The summed E-state index contributed by atoms with van der Waals surface area (Å²) in [4.78, 5) is 23.9. The molecule has 0 aliphatic heterocycles. The van der Waals surface area contributed by atoms with Crippen LogP contribution in [0.1, 0.15) is 40.4 Å². The zero-order valence-corrected chi connectivity index (χ0v) is 15.9. The minimum absolute atomic E-state index is 0.0131. The van der Waals surface area contributed by atoms with Crippen LogP contribution >= 0.6 is 11.8 Å². The Hall–Kier alpha value is -2.27. The maximum atomic E-state index is 12.4. The molecule has 1 aliphatic carbocycles. The fourth-order valence-corrected chi connectivity index (χ4v) is 3.89. The summed E-state index contributed by atoms with van der Waals surface area (Å²) in [5, 5.41) is 2.85. The van der Waals surface area contributed by atoms with Gasteiger partial charge in [-0.15, -0.1) is 11.8 Å². The van der Waals surface area contributed by atoms with Crippen molar-refractivity contribution in [3.05, 3.63) is 64.7 Å². The summed E-state index contributed by atoms with van der Waals surface area (Å²) >= 11 is 1.57. The lowest BCUT2D eigenvalue weighted by Crippen LogP contribution is -2.22. The average Bonchev–Trinajstić information content (AvgIpc) is 3.13. The second-order valence-electron chi connectivity index (χ2n) is 6.47. The minimum Gasteiger partial charge on any atom is -0.465 e. The molecule has 0 saturated carbocycles. The van der Waals surface area contributed by atoms with Crippen LogP contribution in [0.25, 0.3) is 0 Å². The highest BCUT2D eigenvalue weighted by atomic mass is 32.2. The van der Waals surface area contributed by atoms with Gasteiger partial charge < -0.3 is 10.1 Å². The molecule has 0 radical (unpaired) electrons. The van der Waals surface area contributed by atoms with Gasteiger partial charge >= 0.3 is 5.97 Å². The highest BCUT2D eigenvalue weighted by Crippen LogP contribution is 2.26. The summed E-state index contributed by atoms with van der Waals surface area (Å²) in [6.45, 7) is 1.91. The van der Waals surface area contributed by atoms with E-state index in [0.29, 0.717) is 11.3 Å². The third kappa shape index (κ3) is 4.47. The number of anilines is 1. The zero-order chi connectivity index (χ0) is 18.5. The van der Waals surface area contributed by atoms with E-state index in [2.05, 4.69) is 17.4 Å². The average molecular weight is 369 g/mol. The molecule has 0 spiro atoms. The first-order valence-corrected chi connectivity index (χ1v) is 9.83. The van der Waals surface area contributed by atoms with E-state index in [-0.39, 0.29) is 17.1 Å². The Bertz CT molecular complexity index is 801. The molecule has 5 heteroatoms. The predicted molar refractivity (Wildman–Crippen MR) is 106 cm³/mol. The molecule has 1 unspecified atom stereocenters. The van der Waals surface area contributed by atoms with Crippen LogP contribution in [0.4, 0.5) is 5.69 Å². The van der Waals surface area contributed by atoms with E-state index in [0.717, 1.165) is 24.1 Å². The fourth-order valence-electron chi connectivity index (χ4n) is 3.05. The molecule has 0 heterocycles. The van der Waals surface area contributed by atoms with Gasteiger partial charge in [0.15, 0.2) is 0 Å². The van der Waals surface area contributed by atoms with Crippen molar-refractivity contribution in [2.24, 2.45) is 0 Å². The van der Waals surface area contributed by atoms with Gasteiger partial charge in [-0.3, -0.25) is 4.79 Å². The van der Waals surface area contributed by atoms with Crippen molar-refractivity contribution in [3.63, 3.8) is 0 Å². The van der Waals surface area contributed by atoms with Crippen LogP contribution in [0.5, 0.6) is 0 Å². The van der Waals surface area contributed by atoms with Crippen LogP contribution in [0.3, 0.4) is 0 Å². The molecule has 26 heavy (non-hydrogen) atoms. The summed E-state index contributed by atoms with van der Waals surface area (Å²) in [6, 6.07) is 13.5. The van der Waals surface area contributed by atoms with Crippen molar-refractivity contribution in [1.29, 1.82) is 0 Å². The monoisotopic (exact) mass is 369 g/mol. The fraction of sp³-hybridized carbons (Fsp3) is 0.333. The summed E-state index contributed by atoms with van der Waals surface area (Å²) in [5.74, 6) is 0.380. The normalized spacial score (nSPS) is 13.8. The molecule has 1 N–H and O–H groups in total. The molecule has 1 amide bonds. The smallest absolute Gasteiger partial charge is 0.337 e. The van der Waals surface area contributed by atoms with Gasteiger partial charge in [-0.25, -0.2) is 4.79 Å². The van der Waals surface area contributed by atoms with Crippen molar-refractivity contribution >= 4 is 29.3 Å². The molecule has 0 aromatic heterocycles. The second-order valence-corrected chi connectivity index (χ2v) is 7.80. The molecule has 0 fully saturated rings. The highest BCUT2D eigenvalue weighted by Gasteiger charge is 2.16. The Balaban J connectivity index is 1.52. The molecule has 4 nitrogen and oxygen atoms in total. The number of aryl methyl sites for hydroxylation is 2. The molecule has 2 aromatic carbocycles. The van der Waals surface area contributed by atoms with Crippen LogP contribution in [-0.2, 0) is 28.1 Å². The lowest BCUT2D eigenvalue weighted by molar-refractivity contribution is -0.115. The number of rotatable bonds is 6. The van der Waals surface area contributed by atoms with E-state index >= 15 is 0 Å². The number of carbonyl (C=O) groups is 2. The lowest BCUT2D eigenvalue weighted by atomic mass is 10.1. The van der Waals surface area contributed by atoms with Crippen LogP contribution in [0.2, 0.25) is 0 Å². The number of ether oxygens (including phenoxy) is 1. The first-order valence-electron chi connectivity index (χ1n) is 8.78. The molecule has 3 rings (SSSR count). The third-order valence-electron chi connectivity index (χ3n) is 4.61. The molecule has 0 bridgehead atoms. The number of fused-ring (bicyclic) bond motifs is 1. The third-order valence-corrected chi connectivity index (χ3v) is 5.82. The predicted octanol–water partition coefficient (Wildman–Crippen LogP) is 4.22. The number of carbonyl (C=O) groups excluding carboxylic acids is 2. The number of hydrogen-bond acceptors (Lipinski definition) is 4. The van der Waals surface area contributed by atoms with E-state index in [9.17, 15) is 9.59 Å². The van der Waals surface area contributed by atoms with Crippen LogP contribution < -0.4 is 5.32 Å². The molecule has 0 saturated heterocycles. The highest BCUT2D eigenvalue weighted by molar-refractivity contribution is 7.99. The standard InChI is InChI=1S/C21H23NO3S/c1-14(26-13-15-6-8-17(9-7-15)21(24)25-2)20(23)22-19-11-10-16-4-3-5-18(16)12-19/h6-12,14H,3-5,13H2,1-2H3,(H,22,23). The van der Waals surface area contributed by atoms with Crippen molar-refractivity contribution in [1.82, 2.24) is 0 Å². The number of hydrogen-bond donors (Lipinski definition) is 1. The Morgan fingerprint density at radius 2 is 1.85 bits per heavy atom. The number of nitrogens with one attached hydrogen (secondary N) is 1. The maximum absolute atomic E-state index is 12.4. The van der Waals surface area contributed by atoms with Gasteiger partial charge in [0.05, 0.1) is 17.9 Å². The molecular formula is C21H23NO3S. The maximum Gasteiger partial charge on any atom is 0.337 e. The van der Waals surface area contributed by atoms with Crippen molar-refractivity contribution in [2.75, 3.05) is 12.4 Å². The summed E-state index contributed by atoms with van der Waals surface area (Å²) in [7, 11) is 1.37. The van der Waals surface area contributed by atoms with Crippen molar-refractivity contribution in [2.45, 2.75) is 37.2 Å². The van der Waals surface area contributed by atoms with Crippen LogP contribution in [-0.4, -0.2) is 24.2 Å². The summed E-state index contributed by atoms with van der Waals surface area (Å²) in [6.07, 6.45) is 3.45. The number of esters is 1. The quantitative estimate of drug-likeness (QED) is 0.775. The van der Waals surface area contributed by atoms with E-state index in [1.807, 2.05) is 25.1 Å². The van der Waals surface area contributed by atoms with E-state index < -0.39 is 0 Å². The van der Waals surface area contributed by atoms with Gasteiger partial charge in [0, 0.05) is 11.4 Å². The van der Waals surface area contributed by atoms with Gasteiger partial charge in [0.25, 0.3) is 0 Å². The van der Waals surface area contributed by atoms with Gasteiger partial charge in [-0.2, -0.15) is 0 Å². The van der Waals surface area contributed by atoms with Gasteiger partial charge in [0.2, 0.25) is 5.91 Å². The molecule has 1 aliphatic rings. The molecular weight excluding hydrogens is 346 g/mol. The lowest BCUT2D eigenvalue weighted by Gasteiger charge is -2.13. The van der Waals surface area contributed by atoms with Crippen LogP contribution in [0.15, 0.2) is 42.5 Å². The SMILES string of the molecule is COC(=O)c1ccc(CSC(C)C(=O)Nc2ccc3c(c2)CCC3)cc1. The minimum atomic E-state index is -0.341. The number of benzene rings is 2. The van der Waals surface area contributed by atoms with Gasteiger partial charge in [0.1, 0.15) is 0 Å². The largest absolute Gasteiger partial charge is 0.465 e. The molecule has 136 valence electrons. The van der Waals surface area contributed by atoms with E-state index in [1.54, 1.807) is 23.9 Å². The van der Waals surface area contributed by atoms with E-state index in [1.165, 1.54) is 24.7 Å². The number of thioether (sulfide) groups is 1. The molecule has 1 atom stereocenters. The first-order chi connectivity index (χ1) is 12.6. The van der Waals surface area contributed by atoms with Crippen molar-refractivity contribution < 1.29 is 14.3 Å². The van der Waals surface area contributed by atoms with Gasteiger partial charge in [-0.1, -0.05) is 18.2 Å². The Morgan fingerprint density at radius 3 is 2.58 bits per heavy atom. The van der Waals surface area contributed by atoms with Crippen molar-refractivity contribution in [3.8, 4) is 0 Å².